The molecule has 0 unspecified atom stereocenters. The van der Waals surface area contributed by atoms with Crippen molar-refractivity contribution in [2.45, 2.75) is 26.8 Å². The Morgan fingerprint density at radius 1 is 1.42 bits per heavy atom. The molecule has 0 saturated heterocycles. The van der Waals surface area contributed by atoms with Gasteiger partial charge in [0, 0.05) is 19.7 Å². The molecule has 1 rings (SSSR count). The Balaban J connectivity index is 2.74. The number of nitrogens with one attached hydrogen (secondary N) is 1. The van der Waals surface area contributed by atoms with Crippen molar-refractivity contribution in [2.75, 3.05) is 26.0 Å². The predicted octanol–water partition coefficient (Wildman–Crippen LogP) is 3.11. The molecule has 1 aromatic carbocycles. The number of nitrogens with zero attached hydrogens (tertiary/aromatic N) is 2. The number of benzene rings is 1. The summed E-state index contributed by atoms with van der Waals surface area (Å²) in [4.78, 5) is 12.8. The summed E-state index contributed by atoms with van der Waals surface area (Å²) in [5.41, 5.74) is 1.66. The van der Waals surface area contributed by atoms with E-state index in [1.165, 1.54) is 0 Å². The third-order valence-electron chi connectivity index (χ3n) is 3.07. The van der Waals surface area contributed by atoms with Crippen LogP contribution in [0.4, 0.5) is 11.4 Å². The minimum atomic E-state index is -0.344. The molecule has 106 valence electrons. The van der Waals surface area contributed by atoms with Crippen LogP contribution in [0.25, 0.3) is 0 Å². The fourth-order valence-electron chi connectivity index (χ4n) is 1.91. The highest BCUT2D eigenvalue weighted by atomic mass is 16.6. The molecule has 0 bridgehead atoms. The molecule has 5 heteroatoms. The summed E-state index contributed by atoms with van der Waals surface area (Å²) >= 11 is 0. The predicted molar refractivity (Wildman–Crippen MR) is 78.4 cm³/mol. The van der Waals surface area contributed by atoms with Gasteiger partial charge in [0.15, 0.2) is 0 Å². The molecule has 5 nitrogen and oxygen atoms in total. The van der Waals surface area contributed by atoms with Gasteiger partial charge < -0.3 is 10.2 Å². The van der Waals surface area contributed by atoms with Gasteiger partial charge in [-0.05, 0) is 37.6 Å². The molecule has 19 heavy (non-hydrogen) atoms. The van der Waals surface area contributed by atoms with Gasteiger partial charge in [-0.1, -0.05) is 19.9 Å². The Hall–Kier alpha value is -1.62. The number of nitro benzene ring substituents is 1. The van der Waals surface area contributed by atoms with E-state index in [1.54, 1.807) is 19.2 Å². The van der Waals surface area contributed by atoms with E-state index in [-0.39, 0.29) is 10.6 Å². The molecule has 0 spiro atoms. The summed E-state index contributed by atoms with van der Waals surface area (Å²) in [6.07, 6.45) is 1.13. The van der Waals surface area contributed by atoms with Crippen LogP contribution in [0, 0.1) is 16.0 Å². The van der Waals surface area contributed by atoms with Crippen molar-refractivity contribution in [3.63, 3.8) is 0 Å². The van der Waals surface area contributed by atoms with E-state index in [0.717, 1.165) is 25.1 Å². The van der Waals surface area contributed by atoms with Gasteiger partial charge in [0.05, 0.1) is 4.92 Å². The van der Waals surface area contributed by atoms with Gasteiger partial charge in [-0.2, -0.15) is 0 Å². The Morgan fingerprint density at radius 3 is 2.63 bits per heavy atom. The first-order valence-electron chi connectivity index (χ1n) is 6.57. The second kappa shape index (κ2) is 7.09. The van der Waals surface area contributed by atoms with Gasteiger partial charge in [-0.15, -0.1) is 0 Å². The summed E-state index contributed by atoms with van der Waals surface area (Å²) in [5.74, 6) is 0.670. The Labute approximate surface area is 114 Å². The highest BCUT2D eigenvalue weighted by Crippen LogP contribution is 2.25. The lowest BCUT2D eigenvalue weighted by Crippen LogP contribution is -2.20. The van der Waals surface area contributed by atoms with Crippen molar-refractivity contribution in [3.05, 3.63) is 33.9 Å². The van der Waals surface area contributed by atoms with Crippen LogP contribution in [0.15, 0.2) is 18.2 Å². The van der Waals surface area contributed by atoms with E-state index < -0.39 is 0 Å². The van der Waals surface area contributed by atoms with Crippen LogP contribution < -0.4 is 5.32 Å². The van der Waals surface area contributed by atoms with Crippen molar-refractivity contribution in [3.8, 4) is 0 Å². The zero-order valence-corrected chi connectivity index (χ0v) is 12.1. The van der Waals surface area contributed by atoms with E-state index in [1.807, 2.05) is 13.1 Å². The number of rotatable bonds is 7. The zero-order chi connectivity index (χ0) is 14.4. The quantitative estimate of drug-likeness (QED) is 0.608. The molecule has 0 fully saturated rings. The van der Waals surface area contributed by atoms with E-state index in [0.29, 0.717) is 11.6 Å². The van der Waals surface area contributed by atoms with E-state index in [2.05, 4.69) is 24.1 Å². The summed E-state index contributed by atoms with van der Waals surface area (Å²) in [5, 5.41) is 13.8. The lowest BCUT2D eigenvalue weighted by atomic mass is 10.1. The second-order valence-electron chi connectivity index (χ2n) is 5.28. The smallest absolute Gasteiger partial charge is 0.292 e. The Bertz CT molecular complexity index is 433. The molecule has 1 aromatic rings. The van der Waals surface area contributed by atoms with Crippen molar-refractivity contribution in [1.82, 2.24) is 4.90 Å². The normalized spacial score (nSPS) is 11.1. The molecule has 0 radical (unpaired) electrons. The second-order valence-corrected chi connectivity index (χ2v) is 5.28. The van der Waals surface area contributed by atoms with Crippen LogP contribution in [0.2, 0.25) is 0 Å². The molecule has 0 atom stereocenters. The van der Waals surface area contributed by atoms with Crippen molar-refractivity contribution >= 4 is 11.4 Å². The van der Waals surface area contributed by atoms with Crippen molar-refractivity contribution in [2.24, 2.45) is 5.92 Å². The van der Waals surface area contributed by atoms with Crippen LogP contribution in [0.3, 0.4) is 0 Å². The van der Waals surface area contributed by atoms with Crippen LogP contribution in [-0.4, -0.2) is 30.5 Å². The largest absolute Gasteiger partial charge is 0.383 e. The molecule has 0 aliphatic heterocycles. The minimum Gasteiger partial charge on any atom is -0.383 e. The van der Waals surface area contributed by atoms with E-state index >= 15 is 0 Å². The van der Waals surface area contributed by atoms with Gasteiger partial charge in [0.25, 0.3) is 5.69 Å². The van der Waals surface area contributed by atoms with Crippen molar-refractivity contribution in [1.29, 1.82) is 0 Å². The van der Waals surface area contributed by atoms with Crippen molar-refractivity contribution < 1.29 is 4.92 Å². The third-order valence-corrected chi connectivity index (χ3v) is 3.07. The van der Waals surface area contributed by atoms with Gasteiger partial charge in [0.1, 0.15) is 5.69 Å². The lowest BCUT2D eigenvalue weighted by molar-refractivity contribution is -0.384. The number of nitro groups is 1. The maximum Gasteiger partial charge on any atom is 0.292 e. The van der Waals surface area contributed by atoms with Gasteiger partial charge in [0.2, 0.25) is 0 Å². The molecule has 0 amide bonds. The number of hydrogen-bond donors (Lipinski definition) is 1. The average Bonchev–Trinajstić information content (AvgIpc) is 2.36. The first-order chi connectivity index (χ1) is 8.93. The summed E-state index contributed by atoms with van der Waals surface area (Å²) in [7, 11) is 3.73. The molecule has 0 aliphatic rings. The van der Waals surface area contributed by atoms with Gasteiger partial charge in [-0.25, -0.2) is 0 Å². The highest BCUT2D eigenvalue weighted by molar-refractivity contribution is 5.62. The fraction of sp³-hybridized carbons (Fsp3) is 0.571. The first-order valence-corrected chi connectivity index (χ1v) is 6.57. The van der Waals surface area contributed by atoms with Crippen LogP contribution in [0.1, 0.15) is 25.8 Å². The number of hydrogen-bond acceptors (Lipinski definition) is 4. The molecule has 0 aliphatic carbocycles. The standard InChI is InChI=1S/C14H23N3O2/c1-11(2)7-8-16(4)10-12-5-6-13(15-3)14(9-12)17(18)19/h5-6,9,11,15H,7-8,10H2,1-4H3. The maximum atomic E-state index is 11.0. The highest BCUT2D eigenvalue weighted by Gasteiger charge is 2.14. The first kappa shape index (κ1) is 15.4. The van der Waals surface area contributed by atoms with E-state index in [9.17, 15) is 10.1 Å². The van der Waals surface area contributed by atoms with Gasteiger partial charge >= 0.3 is 0 Å². The van der Waals surface area contributed by atoms with E-state index in [4.69, 9.17) is 0 Å². The third kappa shape index (κ3) is 4.87. The maximum absolute atomic E-state index is 11.0. The molecular formula is C14H23N3O2. The van der Waals surface area contributed by atoms with Crippen LogP contribution in [-0.2, 0) is 6.54 Å². The average molecular weight is 265 g/mol. The Morgan fingerprint density at radius 2 is 2.11 bits per heavy atom. The molecule has 0 heterocycles. The minimum absolute atomic E-state index is 0.136. The molecule has 0 saturated carbocycles. The zero-order valence-electron chi connectivity index (χ0n) is 12.1. The van der Waals surface area contributed by atoms with Gasteiger partial charge in [-0.3, -0.25) is 10.1 Å². The lowest BCUT2D eigenvalue weighted by Gasteiger charge is -2.18. The Kier molecular flexibility index (Phi) is 5.76. The summed E-state index contributed by atoms with van der Waals surface area (Å²) < 4.78 is 0. The summed E-state index contributed by atoms with van der Waals surface area (Å²) in [6.45, 7) is 6.12. The topological polar surface area (TPSA) is 58.4 Å². The molecule has 1 N–H and O–H groups in total. The van der Waals surface area contributed by atoms with Crippen LogP contribution >= 0.6 is 0 Å². The van der Waals surface area contributed by atoms with Crippen LogP contribution in [0.5, 0.6) is 0 Å². The SMILES string of the molecule is CNc1ccc(CN(C)CCC(C)C)cc1[N+](=O)[O-]. The number of anilines is 1. The fourth-order valence-corrected chi connectivity index (χ4v) is 1.91. The molecule has 0 aromatic heterocycles. The summed E-state index contributed by atoms with van der Waals surface area (Å²) in [6, 6.07) is 5.35. The molecular weight excluding hydrogens is 242 g/mol. The monoisotopic (exact) mass is 265 g/mol.